The maximum Gasteiger partial charge on any atom is 0.0828 e. The van der Waals surface area contributed by atoms with Crippen molar-refractivity contribution in [2.75, 3.05) is 0 Å². The van der Waals surface area contributed by atoms with E-state index >= 15 is 0 Å². The monoisotopic (exact) mass is 210 g/mol. The Hall–Kier alpha value is -0.340. The second-order valence-electron chi connectivity index (χ2n) is 4.51. The van der Waals surface area contributed by atoms with E-state index in [0.717, 1.165) is 5.56 Å². The first-order valence-corrected chi connectivity index (χ1v) is 6.29. The lowest BCUT2D eigenvalue weighted by Crippen LogP contribution is -2.14. The minimum absolute atomic E-state index is 0.225. The van der Waals surface area contributed by atoms with Crippen LogP contribution in [0.3, 0.4) is 0 Å². The van der Waals surface area contributed by atoms with Crippen LogP contribution in [0.15, 0.2) is 11.4 Å². The van der Waals surface area contributed by atoms with Gasteiger partial charge >= 0.3 is 0 Å². The lowest BCUT2D eigenvalue weighted by molar-refractivity contribution is 0.0904. The van der Waals surface area contributed by atoms with E-state index in [9.17, 15) is 5.11 Å². The van der Waals surface area contributed by atoms with Gasteiger partial charge in [0.05, 0.1) is 6.10 Å². The third kappa shape index (κ3) is 1.86. The van der Waals surface area contributed by atoms with Crippen LogP contribution in [-0.2, 0) is 0 Å². The lowest BCUT2D eigenvalue weighted by atomic mass is 9.89. The Balaban J connectivity index is 2.11. The van der Waals surface area contributed by atoms with Crippen molar-refractivity contribution in [1.82, 2.24) is 0 Å². The summed E-state index contributed by atoms with van der Waals surface area (Å²) < 4.78 is 0. The van der Waals surface area contributed by atoms with Crippen LogP contribution in [0.1, 0.15) is 42.7 Å². The summed E-state index contributed by atoms with van der Waals surface area (Å²) in [5.74, 6) is 1.18. The van der Waals surface area contributed by atoms with E-state index in [1.807, 2.05) is 0 Å². The van der Waals surface area contributed by atoms with E-state index in [-0.39, 0.29) is 6.10 Å². The Bertz CT molecular complexity index is 305. The molecule has 78 valence electrons. The lowest BCUT2D eigenvalue weighted by Gasteiger charge is -2.21. The summed E-state index contributed by atoms with van der Waals surface area (Å²) in [5, 5.41) is 12.3. The number of aryl methyl sites for hydroxylation is 1. The van der Waals surface area contributed by atoms with Gasteiger partial charge in [-0.3, -0.25) is 0 Å². The highest BCUT2D eigenvalue weighted by atomic mass is 32.1. The number of aliphatic hydroxyl groups excluding tert-OH is 1. The van der Waals surface area contributed by atoms with E-state index < -0.39 is 0 Å². The summed E-state index contributed by atoms with van der Waals surface area (Å²) in [7, 11) is 0. The maximum absolute atomic E-state index is 10.2. The fourth-order valence-electron chi connectivity index (χ4n) is 2.51. The van der Waals surface area contributed by atoms with E-state index in [4.69, 9.17) is 0 Å². The normalized spacial score (nSPS) is 29.4. The minimum Gasteiger partial charge on any atom is -0.388 e. The molecule has 0 aliphatic heterocycles. The van der Waals surface area contributed by atoms with Crippen molar-refractivity contribution < 1.29 is 5.11 Å². The molecular formula is C12H18OS. The molecule has 0 aromatic carbocycles. The first-order chi connectivity index (χ1) is 6.68. The van der Waals surface area contributed by atoms with Crippen LogP contribution >= 0.6 is 11.3 Å². The molecule has 1 fully saturated rings. The number of hydrogen-bond acceptors (Lipinski definition) is 2. The van der Waals surface area contributed by atoms with Gasteiger partial charge in [-0.25, -0.2) is 0 Å². The molecule has 1 heterocycles. The van der Waals surface area contributed by atoms with E-state index in [2.05, 4.69) is 25.3 Å². The number of rotatable bonds is 2. The first-order valence-electron chi connectivity index (χ1n) is 5.41. The van der Waals surface area contributed by atoms with Gasteiger partial charge in [0, 0.05) is 4.88 Å². The molecule has 3 atom stereocenters. The molecular weight excluding hydrogens is 192 g/mol. The van der Waals surface area contributed by atoms with Crippen LogP contribution in [-0.4, -0.2) is 5.11 Å². The summed E-state index contributed by atoms with van der Waals surface area (Å²) in [6.45, 7) is 4.36. The predicted molar refractivity (Wildman–Crippen MR) is 60.5 cm³/mol. The molecule has 1 nitrogen and oxygen atoms in total. The van der Waals surface area contributed by atoms with Gasteiger partial charge in [-0.2, -0.15) is 0 Å². The third-order valence-corrected chi connectivity index (χ3v) is 4.31. The Morgan fingerprint density at radius 3 is 2.79 bits per heavy atom. The average molecular weight is 210 g/mol. The molecule has 1 saturated carbocycles. The van der Waals surface area contributed by atoms with Gasteiger partial charge < -0.3 is 5.11 Å². The highest BCUT2D eigenvalue weighted by Gasteiger charge is 2.30. The van der Waals surface area contributed by atoms with Crippen molar-refractivity contribution in [3.05, 3.63) is 21.9 Å². The fraction of sp³-hybridized carbons (Fsp3) is 0.667. The van der Waals surface area contributed by atoms with Crippen molar-refractivity contribution in [2.45, 2.75) is 39.2 Å². The van der Waals surface area contributed by atoms with Crippen LogP contribution in [0.5, 0.6) is 0 Å². The molecule has 1 aliphatic rings. The molecule has 2 heteroatoms. The SMILES string of the molecule is Cc1cc(C(O)C2CCCC2C)cs1. The first kappa shape index (κ1) is 10.2. The molecule has 1 N–H and O–H groups in total. The highest BCUT2D eigenvalue weighted by molar-refractivity contribution is 7.10. The Morgan fingerprint density at radius 1 is 1.50 bits per heavy atom. The number of hydrogen-bond donors (Lipinski definition) is 1. The van der Waals surface area contributed by atoms with Crippen molar-refractivity contribution in [1.29, 1.82) is 0 Å². The molecule has 0 spiro atoms. The summed E-state index contributed by atoms with van der Waals surface area (Å²) in [6, 6.07) is 2.13. The van der Waals surface area contributed by atoms with Crippen LogP contribution in [0.4, 0.5) is 0 Å². The average Bonchev–Trinajstić information content (AvgIpc) is 2.73. The zero-order valence-corrected chi connectivity index (χ0v) is 9.68. The highest BCUT2D eigenvalue weighted by Crippen LogP contribution is 2.40. The second-order valence-corrected chi connectivity index (χ2v) is 5.62. The van der Waals surface area contributed by atoms with Crippen molar-refractivity contribution in [3.8, 4) is 0 Å². The van der Waals surface area contributed by atoms with Gasteiger partial charge in [0.1, 0.15) is 0 Å². The van der Waals surface area contributed by atoms with E-state index in [0.29, 0.717) is 11.8 Å². The standard InChI is InChI=1S/C12H18OS/c1-8-4-3-5-11(8)12(13)10-6-9(2)14-7-10/h6-8,11-13H,3-5H2,1-2H3. The summed E-state index contributed by atoms with van der Waals surface area (Å²) in [5.41, 5.74) is 1.13. The molecule has 0 amide bonds. The maximum atomic E-state index is 10.2. The van der Waals surface area contributed by atoms with Crippen molar-refractivity contribution in [2.24, 2.45) is 11.8 Å². The number of thiophene rings is 1. The van der Waals surface area contributed by atoms with Crippen LogP contribution in [0.2, 0.25) is 0 Å². The molecule has 1 aliphatic carbocycles. The van der Waals surface area contributed by atoms with Crippen LogP contribution < -0.4 is 0 Å². The molecule has 0 radical (unpaired) electrons. The molecule has 0 bridgehead atoms. The van der Waals surface area contributed by atoms with Crippen molar-refractivity contribution in [3.63, 3.8) is 0 Å². The summed E-state index contributed by atoms with van der Waals surface area (Å²) in [4.78, 5) is 1.30. The Labute approximate surface area is 89.8 Å². The second kappa shape index (κ2) is 4.03. The van der Waals surface area contributed by atoms with E-state index in [1.54, 1.807) is 11.3 Å². The molecule has 3 unspecified atom stereocenters. The minimum atomic E-state index is -0.225. The third-order valence-electron chi connectivity index (χ3n) is 3.43. The quantitative estimate of drug-likeness (QED) is 0.791. The van der Waals surface area contributed by atoms with E-state index in [1.165, 1.54) is 24.1 Å². The molecule has 0 saturated heterocycles. The predicted octanol–water partition coefficient (Wildman–Crippen LogP) is 3.53. The Kier molecular flexibility index (Phi) is 2.93. The topological polar surface area (TPSA) is 20.2 Å². The molecule has 14 heavy (non-hydrogen) atoms. The molecule has 2 rings (SSSR count). The smallest absolute Gasteiger partial charge is 0.0828 e. The fourth-order valence-corrected chi connectivity index (χ4v) is 3.24. The number of aliphatic hydroxyl groups is 1. The van der Waals surface area contributed by atoms with Gasteiger partial charge in [-0.05, 0) is 42.2 Å². The zero-order valence-electron chi connectivity index (χ0n) is 8.86. The van der Waals surface area contributed by atoms with Gasteiger partial charge in [0.2, 0.25) is 0 Å². The Morgan fingerprint density at radius 2 is 2.29 bits per heavy atom. The zero-order chi connectivity index (χ0) is 10.1. The largest absolute Gasteiger partial charge is 0.388 e. The molecule has 1 aromatic heterocycles. The van der Waals surface area contributed by atoms with Crippen LogP contribution in [0, 0.1) is 18.8 Å². The van der Waals surface area contributed by atoms with Gasteiger partial charge in [-0.1, -0.05) is 19.8 Å². The van der Waals surface area contributed by atoms with Crippen molar-refractivity contribution >= 4 is 11.3 Å². The summed E-state index contributed by atoms with van der Waals surface area (Å²) in [6.07, 6.45) is 3.53. The van der Waals surface area contributed by atoms with Gasteiger partial charge in [-0.15, -0.1) is 11.3 Å². The summed E-state index contributed by atoms with van der Waals surface area (Å²) >= 11 is 1.73. The van der Waals surface area contributed by atoms with Crippen LogP contribution in [0.25, 0.3) is 0 Å². The van der Waals surface area contributed by atoms with Gasteiger partial charge in [0.25, 0.3) is 0 Å². The molecule has 1 aromatic rings. The van der Waals surface area contributed by atoms with Gasteiger partial charge in [0.15, 0.2) is 0 Å².